The molecule has 0 saturated heterocycles. The second-order valence-corrected chi connectivity index (χ2v) is 4.55. The molecule has 1 heterocycles. The fraction of sp³-hybridized carbons (Fsp3) is 0.0714. The lowest BCUT2D eigenvalue weighted by molar-refractivity contribution is 0.616. The van der Waals surface area contributed by atoms with Gasteiger partial charge in [0.05, 0.1) is 12.7 Å². The third-order valence-electron chi connectivity index (χ3n) is 2.83. The number of benzene rings is 2. The molecule has 0 radical (unpaired) electrons. The normalized spacial score (nSPS) is 11.0. The van der Waals surface area contributed by atoms with Crippen molar-refractivity contribution in [1.29, 1.82) is 0 Å². The van der Waals surface area contributed by atoms with Crippen LogP contribution in [0.3, 0.4) is 0 Å². The molecular weight excluding hydrogens is 251 g/mol. The van der Waals surface area contributed by atoms with Gasteiger partial charge >= 0.3 is 0 Å². The van der Waals surface area contributed by atoms with E-state index in [0.717, 1.165) is 10.9 Å². The summed E-state index contributed by atoms with van der Waals surface area (Å²) in [7, 11) is 0. The smallest absolute Gasteiger partial charge is 0.149 e. The highest BCUT2D eigenvalue weighted by atomic mass is 35.5. The number of hydrogen-bond acceptors (Lipinski definition) is 1. The molecule has 3 rings (SSSR count). The first kappa shape index (κ1) is 11.2. The van der Waals surface area contributed by atoms with Crippen molar-refractivity contribution < 1.29 is 4.39 Å². The van der Waals surface area contributed by atoms with E-state index in [1.165, 1.54) is 6.07 Å². The van der Waals surface area contributed by atoms with Crippen LogP contribution >= 0.6 is 11.6 Å². The largest absolute Gasteiger partial charge is 0.257 e. The van der Waals surface area contributed by atoms with Gasteiger partial charge in [0, 0.05) is 10.4 Å². The van der Waals surface area contributed by atoms with Crippen LogP contribution in [0.1, 0.15) is 5.56 Å². The molecule has 0 amide bonds. The molecule has 2 nitrogen and oxygen atoms in total. The second-order valence-electron chi connectivity index (χ2n) is 4.11. The monoisotopic (exact) mass is 260 g/mol. The van der Waals surface area contributed by atoms with Gasteiger partial charge in [0.2, 0.25) is 0 Å². The molecule has 0 saturated carbocycles. The van der Waals surface area contributed by atoms with Crippen LogP contribution in [-0.4, -0.2) is 9.78 Å². The van der Waals surface area contributed by atoms with Crippen LogP contribution in [0.2, 0.25) is 5.02 Å². The number of halogens is 2. The molecule has 0 fully saturated rings. The lowest BCUT2D eigenvalue weighted by Crippen LogP contribution is -2.02. The predicted molar refractivity (Wildman–Crippen MR) is 70.2 cm³/mol. The van der Waals surface area contributed by atoms with E-state index in [2.05, 4.69) is 5.10 Å². The fourth-order valence-electron chi connectivity index (χ4n) is 2.03. The van der Waals surface area contributed by atoms with Gasteiger partial charge in [-0.3, -0.25) is 4.68 Å². The molecule has 0 bridgehead atoms. The number of para-hydroxylation sites is 1. The Morgan fingerprint density at radius 3 is 2.83 bits per heavy atom. The number of aromatic nitrogens is 2. The molecule has 18 heavy (non-hydrogen) atoms. The minimum Gasteiger partial charge on any atom is -0.257 e. The molecule has 0 unspecified atom stereocenters. The third kappa shape index (κ3) is 1.97. The van der Waals surface area contributed by atoms with Crippen LogP contribution in [0.15, 0.2) is 48.7 Å². The van der Waals surface area contributed by atoms with Crippen molar-refractivity contribution in [1.82, 2.24) is 9.78 Å². The van der Waals surface area contributed by atoms with Gasteiger partial charge < -0.3 is 0 Å². The molecule has 0 aliphatic carbocycles. The van der Waals surface area contributed by atoms with Crippen LogP contribution < -0.4 is 0 Å². The van der Waals surface area contributed by atoms with Gasteiger partial charge in [0.15, 0.2) is 0 Å². The SMILES string of the molecule is Fc1cccc2cnn(Cc3cccc(Cl)c3)c12. The van der Waals surface area contributed by atoms with Crippen molar-refractivity contribution in [3.05, 3.63) is 65.1 Å². The second kappa shape index (κ2) is 4.42. The van der Waals surface area contributed by atoms with E-state index in [0.29, 0.717) is 17.1 Å². The standard InChI is InChI=1S/C14H10ClFN2/c15-12-5-1-3-10(7-12)9-18-14-11(8-17-18)4-2-6-13(14)16/h1-8H,9H2. The van der Waals surface area contributed by atoms with E-state index in [-0.39, 0.29) is 5.82 Å². The molecule has 1 aromatic heterocycles. The van der Waals surface area contributed by atoms with Crippen LogP contribution in [0.4, 0.5) is 4.39 Å². The van der Waals surface area contributed by atoms with E-state index < -0.39 is 0 Å². The molecule has 0 N–H and O–H groups in total. The molecule has 3 aromatic rings. The van der Waals surface area contributed by atoms with Gasteiger partial charge in [0.25, 0.3) is 0 Å². The van der Waals surface area contributed by atoms with Crippen molar-refractivity contribution in [2.45, 2.75) is 6.54 Å². The first-order valence-electron chi connectivity index (χ1n) is 5.58. The topological polar surface area (TPSA) is 17.8 Å². The van der Waals surface area contributed by atoms with E-state index >= 15 is 0 Å². The van der Waals surface area contributed by atoms with Crippen LogP contribution in [0.5, 0.6) is 0 Å². The van der Waals surface area contributed by atoms with Gasteiger partial charge in [-0.25, -0.2) is 4.39 Å². The zero-order valence-electron chi connectivity index (χ0n) is 9.48. The number of fused-ring (bicyclic) bond motifs is 1. The van der Waals surface area contributed by atoms with Gasteiger partial charge in [-0.05, 0) is 23.8 Å². The Labute approximate surface area is 109 Å². The highest BCUT2D eigenvalue weighted by Gasteiger charge is 2.08. The van der Waals surface area contributed by atoms with Crippen molar-refractivity contribution in [3.63, 3.8) is 0 Å². The molecule has 0 aliphatic heterocycles. The summed E-state index contributed by atoms with van der Waals surface area (Å²) < 4.78 is 15.4. The maximum Gasteiger partial charge on any atom is 0.149 e. The Bertz CT molecular complexity index is 706. The fourth-order valence-corrected chi connectivity index (χ4v) is 2.24. The van der Waals surface area contributed by atoms with Gasteiger partial charge in [-0.1, -0.05) is 35.9 Å². The number of nitrogens with zero attached hydrogens (tertiary/aromatic N) is 2. The van der Waals surface area contributed by atoms with E-state index in [4.69, 9.17) is 11.6 Å². The predicted octanol–water partition coefficient (Wildman–Crippen LogP) is 3.88. The average molecular weight is 261 g/mol. The van der Waals surface area contributed by atoms with Gasteiger partial charge in [-0.15, -0.1) is 0 Å². The Morgan fingerprint density at radius 2 is 2.00 bits per heavy atom. The summed E-state index contributed by atoms with van der Waals surface area (Å²) >= 11 is 5.93. The Kier molecular flexibility index (Phi) is 2.76. The summed E-state index contributed by atoms with van der Waals surface area (Å²) in [6.07, 6.45) is 1.67. The summed E-state index contributed by atoms with van der Waals surface area (Å²) in [4.78, 5) is 0. The van der Waals surface area contributed by atoms with Gasteiger partial charge in [0.1, 0.15) is 11.3 Å². The van der Waals surface area contributed by atoms with E-state index in [1.54, 1.807) is 16.9 Å². The first-order chi connectivity index (χ1) is 8.74. The zero-order chi connectivity index (χ0) is 12.5. The Balaban J connectivity index is 2.05. The maximum absolute atomic E-state index is 13.8. The summed E-state index contributed by atoms with van der Waals surface area (Å²) in [6.45, 7) is 0.505. The highest BCUT2D eigenvalue weighted by Crippen LogP contribution is 2.19. The lowest BCUT2D eigenvalue weighted by Gasteiger charge is -2.05. The van der Waals surface area contributed by atoms with E-state index in [9.17, 15) is 4.39 Å². The third-order valence-corrected chi connectivity index (χ3v) is 3.07. The molecule has 0 spiro atoms. The summed E-state index contributed by atoms with van der Waals surface area (Å²) in [5.74, 6) is -0.257. The molecule has 4 heteroatoms. The molecule has 90 valence electrons. The minimum atomic E-state index is -0.257. The van der Waals surface area contributed by atoms with Crippen LogP contribution in [0.25, 0.3) is 10.9 Å². The van der Waals surface area contributed by atoms with Crippen LogP contribution in [-0.2, 0) is 6.54 Å². The first-order valence-corrected chi connectivity index (χ1v) is 5.96. The van der Waals surface area contributed by atoms with E-state index in [1.807, 2.05) is 30.3 Å². The van der Waals surface area contributed by atoms with Crippen molar-refractivity contribution >= 4 is 22.5 Å². The highest BCUT2D eigenvalue weighted by molar-refractivity contribution is 6.30. The Morgan fingerprint density at radius 1 is 1.17 bits per heavy atom. The average Bonchev–Trinajstić information content (AvgIpc) is 2.74. The summed E-state index contributed by atoms with van der Waals surface area (Å²) in [5.41, 5.74) is 1.52. The van der Waals surface area contributed by atoms with Crippen molar-refractivity contribution in [2.24, 2.45) is 0 Å². The number of hydrogen-bond donors (Lipinski definition) is 0. The van der Waals surface area contributed by atoms with Crippen LogP contribution in [0, 0.1) is 5.82 Å². The quantitative estimate of drug-likeness (QED) is 0.684. The molecule has 0 aliphatic rings. The molecular formula is C14H10ClFN2. The molecule has 2 aromatic carbocycles. The molecule has 0 atom stereocenters. The minimum absolute atomic E-state index is 0.257. The Hall–Kier alpha value is -1.87. The maximum atomic E-state index is 13.8. The zero-order valence-corrected chi connectivity index (χ0v) is 10.2. The summed E-state index contributed by atoms with van der Waals surface area (Å²) in [6, 6.07) is 12.5. The lowest BCUT2D eigenvalue weighted by atomic mass is 10.2. The van der Waals surface area contributed by atoms with Crippen molar-refractivity contribution in [2.75, 3.05) is 0 Å². The van der Waals surface area contributed by atoms with Crippen molar-refractivity contribution in [3.8, 4) is 0 Å². The number of rotatable bonds is 2. The van der Waals surface area contributed by atoms with Gasteiger partial charge in [-0.2, -0.15) is 5.10 Å². The summed E-state index contributed by atoms with van der Waals surface area (Å²) in [5, 5.41) is 5.69.